The average molecular weight is 292 g/mol. The van der Waals surface area contributed by atoms with E-state index in [1.54, 1.807) is 11.3 Å². The molecule has 4 nitrogen and oxygen atoms in total. The molecular weight excluding hydrogens is 276 g/mol. The van der Waals surface area contributed by atoms with Crippen molar-refractivity contribution in [3.05, 3.63) is 39.1 Å². The van der Waals surface area contributed by atoms with Crippen LogP contribution in [0.4, 0.5) is 5.69 Å². The summed E-state index contributed by atoms with van der Waals surface area (Å²) in [6.45, 7) is 6.52. The Kier molecular flexibility index (Phi) is 4.11. The Morgan fingerprint density at radius 3 is 2.68 bits per heavy atom. The maximum absolute atomic E-state index is 5.78. The summed E-state index contributed by atoms with van der Waals surface area (Å²) < 4.78 is 0. The fourth-order valence-electron chi connectivity index (χ4n) is 1.95. The molecule has 0 saturated heterocycles. The third kappa shape index (κ3) is 3.27. The zero-order valence-electron chi connectivity index (χ0n) is 11.2. The summed E-state index contributed by atoms with van der Waals surface area (Å²) in [5, 5.41) is 6.45. The monoisotopic (exact) mass is 292 g/mol. The van der Waals surface area contributed by atoms with Gasteiger partial charge in [0.05, 0.1) is 22.8 Å². The number of rotatable bonds is 4. The number of hydrogen-bond donors (Lipinski definition) is 2. The van der Waals surface area contributed by atoms with Crippen molar-refractivity contribution in [3.8, 4) is 0 Å². The van der Waals surface area contributed by atoms with Crippen molar-refractivity contribution in [1.29, 1.82) is 0 Å². The SMILES string of the molecule is Cc1cc(NCc2csc(C)n2)c(C(N)=S)c(C)n1. The standard InChI is InChI=1S/C13H16N4S2/c1-7-4-11(12(13(14)18)8(2)16-7)15-5-10-6-19-9(3)17-10/h4,6H,5H2,1-3H3,(H2,14,18)(H,15,16). The molecule has 0 amide bonds. The predicted octanol–water partition coefficient (Wildman–Crippen LogP) is 2.71. The molecule has 19 heavy (non-hydrogen) atoms. The average Bonchev–Trinajstić information content (AvgIpc) is 2.71. The minimum atomic E-state index is 0.363. The van der Waals surface area contributed by atoms with Crippen molar-refractivity contribution in [2.45, 2.75) is 27.3 Å². The van der Waals surface area contributed by atoms with Crippen molar-refractivity contribution in [1.82, 2.24) is 9.97 Å². The normalized spacial score (nSPS) is 10.5. The summed E-state index contributed by atoms with van der Waals surface area (Å²) in [6.07, 6.45) is 0. The van der Waals surface area contributed by atoms with Gasteiger partial charge in [0.15, 0.2) is 0 Å². The molecule has 0 spiro atoms. The van der Waals surface area contributed by atoms with Crippen LogP contribution in [-0.4, -0.2) is 15.0 Å². The fraction of sp³-hybridized carbons (Fsp3) is 0.308. The van der Waals surface area contributed by atoms with E-state index in [9.17, 15) is 0 Å². The molecule has 6 heteroatoms. The first-order valence-corrected chi connectivity index (χ1v) is 7.19. The van der Waals surface area contributed by atoms with E-state index in [1.165, 1.54) is 0 Å². The van der Waals surface area contributed by atoms with Crippen molar-refractivity contribution < 1.29 is 0 Å². The first-order valence-electron chi connectivity index (χ1n) is 5.90. The van der Waals surface area contributed by atoms with Crippen LogP contribution in [0, 0.1) is 20.8 Å². The second-order valence-electron chi connectivity index (χ2n) is 4.35. The third-order valence-electron chi connectivity index (χ3n) is 2.70. The number of nitrogens with one attached hydrogen (secondary N) is 1. The van der Waals surface area contributed by atoms with Crippen LogP contribution >= 0.6 is 23.6 Å². The van der Waals surface area contributed by atoms with Gasteiger partial charge in [-0.1, -0.05) is 12.2 Å². The van der Waals surface area contributed by atoms with E-state index in [0.717, 1.165) is 33.3 Å². The number of nitrogens with zero attached hydrogens (tertiary/aromatic N) is 2. The van der Waals surface area contributed by atoms with Gasteiger partial charge in [0.2, 0.25) is 0 Å². The molecule has 0 fully saturated rings. The highest BCUT2D eigenvalue weighted by Gasteiger charge is 2.11. The minimum absolute atomic E-state index is 0.363. The van der Waals surface area contributed by atoms with Crippen molar-refractivity contribution in [2.75, 3.05) is 5.32 Å². The van der Waals surface area contributed by atoms with Gasteiger partial charge in [-0.2, -0.15) is 0 Å². The van der Waals surface area contributed by atoms with Crippen LogP contribution in [0.2, 0.25) is 0 Å². The number of pyridine rings is 1. The number of aromatic nitrogens is 2. The Morgan fingerprint density at radius 2 is 2.11 bits per heavy atom. The molecule has 0 atom stereocenters. The van der Waals surface area contributed by atoms with E-state index >= 15 is 0 Å². The van der Waals surface area contributed by atoms with Gasteiger partial charge < -0.3 is 11.1 Å². The minimum Gasteiger partial charge on any atom is -0.389 e. The molecule has 3 N–H and O–H groups in total. The largest absolute Gasteiger partial charge is 0.389 e. The van der Waals surface area contributed by atoms with E-state index < -0.39 is 0 Å². The van der Waals surface area contributed by atoms with Gasteiger partial charge in [0.1, 0.15) is 4.99 Å². The Labute approximate surface area is 122 Å². The summed E-state index contributed by atoms with van der Waals surface area (Å²) in [5.41, 5.74) is 10.3. The zero-order valence-corrected chi connectivity index (χ0v) is 12.8. The van der Waals surface area contributed by atoms with Crippen LogP contribution in [-0.2, 0) is 6.54 Å². The molecule has 0 aromatic carbocycles. The molecule has 0 aliphatic carbocycles. The maximum atomic E-state index is 5.78. The van der Waals surface area contributed by atoms with Crippen LogP contribution in [0.15, 0.2) is 11.4 Å². The summed E-state index contributed by atoms with van der Waals surface area (Å²) in [5.74, 6) is 0. The Bertz CT molecular complexity index is 619. The topological polar surface area (TPSA) is 63.8 Å². The fourth-order valence-corrected chi connectivity index (χ4v) is 2.82. The van der Waals surface area contributed by atoms with Gasteiger partial charge in [0.25, 0.3) is 0 Å². The van der Waals surface area contributed by atoms with E-state index in [2.05, 4.69) is 15.3 Å². The molecular formula is C13H16N4S2. The second-order valence-corrected chi connectivity index (χ2v) is 5.85. The van der Waals surface area contributed by atoms with Crippen molar-refractivity contribution in [2.24, 2.45) is 5.73 Å². The smallest absolute Gasteiger partial charge is 0.107 e. The van der Waals surface area contributed by atoms with Crippen molar-refractivity contribution >= 4 is 34.2 Å². The summed E-state index contributed by atoms with van der Waals surface area (Å²) in [7, 11) is 0. The summed E-state index contributed by atoms with van der Waals surface area (Å²) in [4.78, 5) is 9.18. The lowest BCUT2D eigenvalue weighted by molar-refractivity contribution is 1.04. The number of thiocarbonyl (C=S) groups is 1. The lowest BCUT2D eigenvalue weighted by Crippen LogP contribution is -2.16. The molecule has 0 bridgehead atoms. The molecule has 100 valence electrons. The summed E-state index contributed by atoms with van der Waals surface area (Å²) >= 11 is 6.74. The van der Waals surface area contributed by atoms with Crippen molar-refractivity contribution in [3.63, 3.8) is 0 Å². The lowest BCUT2D eigenvalue weighted by atomic mass is 10.1. The second kappa shape index (κ2) is 5.63. The first kappa shape index (κ1) is 13.9. The van der Waals surface area contributed by atoms with Gasteiger partial charge in [-0.05, 0) is 26.8 Å². The molecule has 0 unspecified atom stereocenters. The quantitative estimate of drug-likeness (QED) is 0.848. The number of anilines is 1. The molecule has 0 aliphatic heterocycles. The van der Waals surface area contributed by atoms with Gasteiger partial charge in [0, 0.05) is 22.5 Å². The third-order valence-corrected chi connectivity index (χ3v) is 3.73. The van der Waals surface area contributed by atoms with Gasteiger partial charge in [-0.3, -0.25) is 4.98 Å². The van der Waals surface area contributed by atoms with Crippen LogP contribution in [0.1, 0.15) is 27.7 Å². The van der Waals surface area contributed by atoms with E-state index in [-0.39, 0.29) is 0 Å². The highest BCUT2D eigenvalue weighted by Crippen LogP contribution is 2.20. The Balaban J connectivity index is 2.26. The molecule has 0 radical (unpaired) electrons. The number of aryl methyl sites for hydroxylation is 3. The van der Waals surface area contributed by atoms with E-state index in [4.69, 9.17) is 18.0 Å². The van der Waals surface area contributed by atoms with Gasteiger partial charge in [-0.15, -0.1) is 11.3 Å². The predicted molar refractivity (Wildman–Crippen MR) is 83.8 cm³/mol. The number of nitrogens with two attached hydrogens (primary N) is 1. The van der Waals surface area contributed by atoms with Crippen LogP contribution in [0.25, 0.3) is 0 Å². The molecule has 0 saturated carbocycles. The molecule has 2 heterocycles. The highest BCUT2D eigenvalue weighted by molar-refractivity contribution is 7.80. The summed E-state index contributed by atoms with van der Waals surface area (Å²) in [6, 6.07) is 1.96. The highest BCUT2D eigenvalue weighted by atomic mass is 32.1. The van der Waals surface area contributed by atoms with E-state index in [1.807, 2.05) is 32.2 Å². The first-order chi connectivity index (χ1) is 8.97. The molecule has 0 aliphatic rings. The Morgan fingerprint density at radius 1 is 1.37 bits per heavy atom. The zero-order chi connectivity index (χ0) is 14.0. The molecule has 2 rings (SSSR count). The maximum Gasteiger partial charge on any atom is 0.107 e. The number of thiazole rings is 1. The Hall–Kier alpha value is -1.53. The molecule has 2 aromatic rings. The van der Waals surface area contributed by atoms with Crippen LogP contribution in [0.3, 0.4) is 0 Å². The van der Waals surface area contributed by atoms with Crippen LogP contribution in [0.5, 0.6) is 0 Å². The van der Waals surface area contributed by atoms with E-state index in [0.29, 0.717) is 11.5 Å². The molecule has 2 aromatic heterocycles. The van der Waals surface area contributed by atoms with Gasteiger partial charge in [-0.25, -0.2) is 4.98 Å². The van der Waals surface area contributed by atoms with Crippen LogP contribution < -0.4 is 11.1 Å². The number of hydrogen-bond acceptors (Lipinski definition) is 5. The lowest BCUT2D eigenvalue weighted by Gasteiger charge is -2.13. The van der Waals surface area contributed by atoms with Gasteiger partial charge >= 0.3 is 0 Å².